The first kappa shape index (κ1) is 32.5. The smallest absolute Gasteiger partial charge is 0.414 e. The van der Waals surface area contributed by atoms with E-state index in [9.17, 15) is 19.2 Å². The van der Waals surface area contributed by atoms with Crippen molar-refractivity contribution in [3.8, 4) is 0 Å². The lowest BCUT2D eigenvalue weighted by Crippen LogP contribution is -2.56. The zero-order valence-corrected chi connectivity index (χ0v) is 25.4. The van der Waals surface area contributed by atoms with Crippen molar-refractivity contribution in [2.24, 2.45) is 16.6 Å². The summed E-state index contributed by atoms with van der Waals surface area (Å²) in [7, 11) is 0. The van der Waals surface area contributed by atoms with Crippen LogP contribution in [0, 0.1) is 5.92 Å². The first-order chi connectivity index (χ1) is 21.0. The number of hydrogen-bond donors (Lipinski definition) is 3. The Morgan fingerprint density at radius 1 is 0.909 bits per heavy atom. The van der Waals surface area contributed by atoms with Gasteiger partial charge in [-0.05, 0) is 63.5 Å². The summed E-state index contributed by atoms with van der Waals surface area (Å²) in [5.74, 6) is -0.915. The molecule has 2 fully saturated rings. The molecule has 2 aliphatic heterocycles. The number of ether oxygens (including phenoxy) is 3. The molecule has 44 heavy (non-hydrogen) atoms. The van der Waals surface area contributed by atoms with Crippen molar-refractivity contribution in [2.45, 2.75) is 83.4 Å². The van der Waals surface area contributed by atoms with E-state index in [1.54, 1.807) is 25.7 Å². The summed E-state index contributed by atoms with van der Waals surface area (Å²) in [4.78, 5) is 57.3. The number of guanidine groups is 1. The van der Waals surface area contributed by atoms with Gasteiger partial charge in [0.05, 0.1) is 6.04 Å². The summed E-state index contributed by atoms with van der Waals surface area (Å²) in [5.41, 5.74) is 6.94. The van der Waals surface area contributed by atoms with Crippen LogP contribution in [0.2, 0.25) is 0 Å². The molecule has 0 aliphatic carbocycles. The van der Waals surface area contributed by atoms with Crippen molar-refractivity contribution in [3.63, 3.8) is 0 Å². The minimum absolute atomic E-state index is 0.0280. The molecule has 0 unspecified atom stereocenters. The van der Waals surface area contributed by atoms with E-state index < -0.39 is 35.8 Å². The fourth-order valence-electron chi connectivity index (χ4n) is 5.43. The summed E-state index contributed by atoms with van der Waals surface area (Å²) >= 11 is 0. The number of nitrogens with one attached hydrogen (secondary N) is 2. The van der Waals surface area contributed by atoms with Crippen LogP contribution < -0.4 is 16.4 Å². The van der Waals surface area contributed by atoms with E-state index >= 15 is 0 Å². The number of amides is 3. The molecule has 4 N–H and O–H groups in total. The second-order valence-corrected chi connectivity index (χ2v) is 11.9. The number of nitrogens with two attached hydrogens (primary N) is 1. The first-order valence-electron chi connectivity index (χ1n) is 14.8. The number of carbonyl (C=O) groups is 4. The normalized spacial score (nSPS) is 21.1. The Kier molecular flexibility index (Phi) is 10.9. The van der Waals surface area contributed by atoms with Crippen molar-refractivity contribution in [2.75, 3.05) is 6.54 Å². The Balaban J connectivity index is 1.42. The highest BCUT2D eigenvalue weighted by Gasteiger charge is 2.50. The lowest BCUT2D eigenvalue weighted by atomic mass is 9.89. The number of hydrogen-bond acceptors (Lipinski definition) is 9. The lowest BCUT2D eigenvalue weighted by Gasteiger charge is -2.38. The molecular weight excluding hydrogens is 566 g/mol. The molecule has 0 spiro atoms. The number of carbonyl (C=O) groups excluding carboxylic acids is 4. The van der Waals surface area contributed by atoms with E-state index in [1.165, 1.54) is 0 Å². The average Bonchev–Trinajstić information content (AvgIpc) is 3.36. The monoisotopic (exact) mass is 607 g/mol. The van der Waals surface area contributed by atoms with Crippen molar-refractivity contribution < 1.29 is 33.4 Å². The van der Waals surface area contributed by atoms with Gasteiger partial charge < -0.3 is 24.8 Å². The van der Waals surface area contributed by atoms with Gasteiger partial charge in [-0.1, -0.05) is 60.7 Å². The minimum Gasteiger partial charge on any atom is -0.458 e. The summed E-state index contributed by atoms with van der Waals surface area (Å²) in [6.07, 6.45) is 0.451. The highest BCUT2D eigenvalue weighted by atomic mass is 16.6. The molecule has 0 bridgehead atoms. The summed E-state index contributed by atoms with van der Waals surface area (Å²) < 4.78 is 16.2. The third-order valence-electron chi connectivity index (χ3n) is 7.42. The van der Waals surface area contributed by atoms with Crippen molar-refractivity contribution in [1.82, 2.24) is 15.5 Å². The number of benzene rings is 2. The molecule has 0 saturated carbocycles. The van der Waals surface area contributed by atoms with E-state index in [4.69, 9.17) is 19.9 Å². The highest BCUT2D eigenvalue weighted by molar-refractivity contribution is 6.01. The SMILES string of the molecule is CC(C)(C)OC(=O)[C@@H]1C[C@H](CCN=C(NC(=O)OCc2ccccc2)NC(=O)OCc2ccccc2)[C@H]2CC[C@@H](N)C(=O)N21. The van der Waals surface area contributed by atoms with Gasteiger partial charge in [0.25, 0.3) is 0 Å². The van der Waals surface area contributed by atoms with Gasteiger partial charge in [-0.2, -0.15) is 0 Å². The van der Waals surface area contributed by atoms with E-state index in [0.717, 1.165) is 11.1 Å². The van der Waals surface area contributed by atoms with Crippen LogP contribution in [0.25, 0.3) is 0 Å². The molecule has 236 valence electrons. The molecule has 0 radical (unpaired) electrons. The van der Waals surface area contributed by atoms with Crippen molar-refractivity contribution in [3.05, 3.63) is 71.8 Å². The number of nitrogens with zero attached hydrogens (tertiary/aromatic N) is 2. The quantitative estimate of drug-likeness (QED) is 0.177. The van der Waals surface area contributed by atoms with Crippen LogP contribution in [0.1, 0.15) is 57.6 Å². The minimum atomic E-state index is -0.806. The third kappa shape index (κ3) is 9.27. The largest absolute Gasteiger partial charge is 0.458 e. The van der Waals surface area contributed by atoms with Crippen LogP contribution in [0.4, 0.5) is 9.59 Å². The second kappa shape index (κ2) is 14.8. The summed E-state index contributed by atoms with van der Waals surface area (Å²) in [6.45, 7) is 5.59. The van der Waals surface area contributed by atoms with Crippen LogP contribution in [0.3, 0.4) is 0 Å². The maximum absolute atomic E-state index is 13.1. The highest BCUT2D eigenvalue weighted by Crippen LogP contribution is 2.39. The van der Waals surface area contributed by atoms with Crippen LogP contribution in [-0.4, -0.2) is 65.2 Å². The molecule has 4 atom stereocenters. The Hall–Kier alpha value is -4.45. The third-order valence-corrected chi connectivity index (χ3v) is 7.42. The fraction of sp³-hybridized carbons (Fsp3) is 0.469. The van der Waals surface area contributed by atoms with E-state index in [1.807, 2.05) is 60.7 Å². The Bertz CT molecular complexity index is 1270. The van der Waals surface area contributed by atoms with E-state index in [0.29, 0.717) is 25.7 Å². The molecule has 0 aromatic heterocycles. The van der Waals surface area contributed by atoms with Gasteiger partial charge in [0.1, 0.15) is 24.9 Å². The molecule has 2 saturated heterocycles. The number of esters is 1. The molecule has 12 nitrogen and oxygen atoms in total. The number of rotatable bonds is 8. The maximum Gasteiger partial charge on any atom is 0.414 e. The van der Waals surface area contributed by atoms with E-state index in [2.05, 4.69) is 15.6 Å². The standard InChI is InChI=1S/C32H41N5O7/c1-32(2,3)44-28(39)26-18-23(25-15-14-24(33)27(38)37(25)26)16-17-34-29(35-30(40)42-19-21-10-6-4-7-11-21)36-31(41)43-20-22-12-8-5-9-13-22/h4-13,23-26H,14-20,33H2,1-3H3,(H2,34,35,36,40,41)/t23-,24+,25+,26-/m0/s1. The van der Waals surface area contributed by atoms with Gasteiger partial charge in [0.15, 0.2) is 0 Å². The molecule has 3 amide bonds. The van der Waals surface area contributed by atoms with Crippen LogP contribution in [0.5, 0.6) is 0 Å². The van der Waals surface area contributed by atoms with E-state index in [-0.39, 0.29) is 43.6 Å². The summed E-state index contributed by atoms with van der Waals surface area (Å²) in [5, 5.41) is 4.97. The Labute approximate surface area is 257 Å². The van der Waals surface area contributed by atoms with Crippen molar-refractivity contribution in [1.29, 1.82) is 0 Å². The molecule has 2 heterocycles. The molecular formula is C32H41N5O7. The zero-order valence-electron chi connectivity index (χ0n) is 25.4. The first-order valence-corrected chi connectivity index (χ1v) is 14.8. The molecule has 4 rings (SSSR count). The molecule has 12 heteroatoms. The Morgan fingerprint density at radius 3 is 1.98 bits per heavy atom. The maximum atomic E-state index is 13.1. The van der Waals surface area contributed by atoms with Gasteiger partial charge in [0.2, 0.25) is 11.9 Å². The Morgan fingerprint density at radius 2 is 1.45 bits per heavy atom. The van der Waals surface area contributed by atoms with Gasteiger partial charge >= 0.3 is 18.2 Å². The van der Waals surface area contributed by atoms with Gasteiger partial charge in [-0.25, -0.2) is 14.4 Å². The molecule has 2 aliphatic rings. The predicted octanol–water partition coefficient (Wildman–Crippen LogP) is 3.63. The second-order valence-electron chi connectivity index (χ2n) is 11.9. The van der Waals surface area contributed by atoms with Crippen LogP contribution in [-0.2, 0) is 37.0 Å². The van der Waals surface area contributed by atoms with Gasteiger partial charge in [-0.15, -0.1) is 0 Å². The number of piperidine rings is 1. The van der Waals surface area contributed by atoms with Crippen LogP contribution >= 0.6 is 0 Å². The van der Waals surface area contributed by atoms with Gasteiger partial charge in [0, 0.05) is 12.6 Å². The lowest BCUT2D eigenvalue weighted by molar-refractivity contribution is -0.165. The average molecular weight is 608 g/mol. The number of alkyl carbamates (subject to hydrolysis) is 2. The summed E-state index contributed by atoms with van der Waals surface area (Å²) in [6, 6.07) is 16.7. The number of aliphatic imine (C=N–C) groups is 1. The molecule has 2 aromatic carbocycles. The van der Waals surface area contributed by atoms with Gasteiger partial charge in [-0.3, -0.25) is 20.4 Å². The number of fused-ring (bicyclic) bond motifs is 1. The predicted molar refractivity (Wildman–Crippen MR) is 162 cm³/mol. The zero-order chi connectivity index (χ0) is 31.7. The molecule has 2 aromatic rings. The van der Waals surface area contributed by atoms with Crippen molar-refractivity contribution >= 4 is 30.0 Å². The topological polar surface area (TPSA) is 162 Å². The van der Waals surface area contributed by atoms with Crippen LogP contribution in [0.15, 0.2) is 65.7 Å². The fourth-order valence-corrected chi connectivity index (χ4v) is 5.43.